The molecule has 0 radical (unpaired) electrons. The lowest BCUT2D eigenvalue weighted by Crippen LogP contribution is -2.41. The number of nitrogens with one attached hydrogen (secondary N) is 1. The molecule has 112 valence electrons. The molecule has 0 saturated heterocycles. The topological polar surface area (TPSA) is 41.0 Å². The molecule has 0 amide bonds. The molecule has 1 heterocycles. The number of hydrogen-bond donors (Lipinski definition) is 1. The quantitative estimate of drug-likeness (QED) is 0.858. The lowest BCUT2D eigenvalue weighted by atomic mass is 10.1. The Hall–Kier alpha value is -1.16. The van der Waals surface area contributed by atoms with Gasteiger partial charge in [-0.2, -0.15) is 0 Å². The van der Waals surface area contributed by atoms with Gasteiger partial charge in [0.2, 0.25) is 0 Å². The van der Waals surface area contributed by atoms with E-state index in [9.17, 15) is 0 Å². The first-order valence-electron chi connectivity index (χ1n) is 7.76. The maximum Gasteiger partial charge on any atom is 0.135 e. The van der Waals surface area contributed by atoms with E-state index in [-0.39, 0.29) is 5.54 Å². The largest absolute Gasteiger partial charge is 0.358 e. The molecule has 0 aliphatic heterocycles. The zero-order valence-corrected chi connectivity index (χ0v) is 13.4. The van der Waals surface area contributed by atoms with Gasteiger partial charge in [-0.1, -0.05) is 6.42 Å². The molecule has 1 aromatic heterocycles. The minimum Gasteiger partial charge on any atom is -0.358 e. The number of rotatable bonds is 4. The summed E-state index contributed by atoms with van der Waals surface area (Å²) in [6, 6.07) is 0. The van der Waals surface area contributed by atoms with Crippen molar-refractivity contribution < 1.29 is 0 Å². The van der Waals surface area contributed by atoms with Gasteiger partial charge in [0.05, 0.1) is 0 Å². The van der Waals surface area contributed by atoms with E-state index in [0.717, 1.165) is 31.7 Å². The Bertz CT molecular complexity index is 437. The first kappa shape index (κ1) is 15.2. The van der Waals surface area contributed by atoms with Crippen LogP contribution in [0, 0.1) is 0 Å². The van der Waals surface area contributed by atoms with Crippen LogP contribution in [0.15, 0.2) is 6.33 Å². The molecule has 0 atom stereocenters. The molecule has 1 aromatic rings. The number of nitrogens with zero attached hydrogens (tertiary/aromatic N) is 3. The molecule has 0 bridgehead atoms. The molecule has 0 unspecified atom stereocenters. The third-order valence-electron chi connectivity index (χ3n) is 3.82. The second kappa shape index (κ2) is 6.53. The Morgan fingerprint density at radius 1 is 1.15 bits per heavy atom. The van der Waals surface area contributed by atoms with Crippen molar-refractivity contribution in [3.05, 3.63) is 17.6 Å². The molecule has 1 aliphatic carbocycles. The first-order chi connectivity index (χ1) is 9.47. The smallest absolute Gasteiger partial charge is 0.135 e. The highest BCUT2D eigenvalue weighted by Gasteiger charge is 2.17. The highest BCUT2D eigenvalue weighted by Crippen LogP contribution is 2.25. The fourth-order valence-electron chi connectivity index (χ4n) is 2.71. The molecule has 20 heavy (non-hydrogen) atoms. The maximum absolute atomic E-state index is 4.54. The first-order valence-corrected chi connectivity index (χ1v) is 7.76. The van der Waals surface area contributed by atoms with Crippen molar-refractivity contribution in [3.8, 4) is 0 Å². The van der Waals surface area contributed by atoms with Gasteiger partial charge < -0.3 is 10.2 Å². The van der Waals surface area contributed by atoms with E-state index < -0.39 is 0 Å². The summed E-state index contributed by atoms with van der Waals surface area (Å²) in [5.74, 6) is 1.13. The zero-order chi connectivity index (χ0) is 14.6. The molecule has 4 heteroatoms. The van der Waals surface area contributed by atoms with E-state index in [1.807, 2.05) is 0 Å². The van der Waals surface area contributed by atoms with Crippen LogP contribution in [-0.4, -0.2) is 35.6 Å². The summed E-state index contributed by atoms with van der Waals surface area (Å²) >= 11 is 0. The van der Waals surface area contributed by atoms with Crippen molar-refractivity contribution in [1.29, 1.82) is 0 Å². The molecule has 4 nitrogen and oxygen atoms in total. The molecular formula is C16H28N4. The van der Waals surface area contributed by atoms with Gasteiger partial charge in [-0.3, -0.25) is 0 Å². The molecule has 1 N–H and O–H groups in total. The summed E-state index contributed by atoms with van der Waals surface area (Å²) < 4.78 is 0. The van der Waals surface area contributed by atoms with Gasteiger partial charge in [0.15, 0.2) is 0 Å². The molecule has 2 rings (SSSR count). The van der Waals surface area contributed by atoms with Crippen LogP contribution in [0.5, 0.6) is 0 Å². The lowest BCUT2D eigenvalue weighted by molar-refractivity contribution is 0.430. The van der Waals surface area contributed by atoms with Crippen LogP contribution in [0.1, 0.15) is 51.3 Å². The third kappa shape index (κ3) is 4.17. The highest BCUT2D eigenvalue weighted by atomic mass is 15.2. The zero-order valence-electron chi connectivity index (χ0n) is 13.4. The minimum absolute atomic E-state index is 0.170. The monoisotopic (exact) mass is 276 g/mol. The average molecular weight is 276 g/mol. The van der Waals surface area contributed by atoms with Gasteiger partial charge in [-0.05, 0) is 46.5 Å². The van der Waals surface area contributed by atoms with Gasteiger partial charge in [0.25, 0.3) is 0 Å². The number of aromatic nitrogens is 2. The minimum atomic E-state index is 0.170. The van der Waals surface area contributed by atoms with Crippen LogP contribution in [0.3, 0.4) is 0 Å². The Morgan fingerprint density at radius 3 is 2.65 bits per heavy atom. The van der Waals surface area contributed by atoms with Crippen LogP contribution in [0.2, 0.25) is 0 Å². The summed E-state index contributed by atoms with van der Waals surface area (Å²) in [7, 11) is 2.14. The molecule has 0 fully saturated rings. The Balaban J connectivity index is 2.04. The standard InChI is InChI=1S/C16H28N4/c1-16(2,3)19-10-11-20(4)15-13-8-6-5-7-9-14(13)17-12-18-15/h12,19H,5-11H2,1-4H3. The SMILES string of the molecule is CN(CCNC(C)(C)C)c1ncnc2c1CCCCC2. The van der Waals surface area contributed by atoms with Crippen LogP contribution < -0.4 is 10.2 Å². The van der Waals surface area contributed by atoms with Gasteiger partial charge in [-0.15, -0.1) is 0 Å². The molecule has 0 aromatic carbocycles. The molecule has 0 spiro atoms. The number of likely N-dealkylation sites (N-methyl/N-ethyl adjacent to an activating group) is 1. The Kier molecular flexibility index (Phi) is 4.97. The van der Waals surface area contributed by atoms with Crippen LogP contribution in [-0.2, 0) is 12.8 Å². The van der Waals surface area contributed by atoms with Crippen LogP contribution >= 0.6 is 0 Å². The highest BCUT2D eigenvalue weighted by molar-refractivity contribution is 5.48. The van der Waals surface area contributed by atoms with Gasteiger partial charge in [0.1, 0.15) is 12.1 Å². The van der Waals surface area contributed by atoms with E-state index in [0.29, 0.717) is 0 Å². The summed E-state index contributed by atoms with van der Waals surface area (Å²) in [5.41, 5.74) is 2.81. The molecular weight excluding hydrogens is 248 g/mol. The van der Waals surface area contributed by atoms with E-state index in [1.165, 1.54) is 30.5 Å². The van der Waals surface area contributed by atoms with E-state index in [1.54, 1.807) is 6.33 Å². The van der Waals surface area contributed by atoms with E-state index in [2.05, 4.69) is 48.0 Å². The van der Waals surface area contributed by atoms with Crippen molar-refractivity contribution >= 4 is 5.82 Å². The molecule has 0 saturated carbocycles. The number of fused-ring (bicyclic) bond motifs is 1. The van der Waals surface area contributed by atoms with Crippen molar-refractivity contribution in [2.75, 3.05) is 25.0 Å². The van der Waals surface area contributed by atoms with Crippen LogP contribution in [0.25, 0.3) is 0 Å². The average Bonchev–Trinajstić information content (AvgIpc) is 2.61. The summed E-state index contributed by atoms with van der Waals surface area (Å²) in [4.78, 5) is 11.3. The number of hydrogen-bond acceptors (Lipinski definition) is 4. The third-order valence-corrected chi connectivity index (χ3v) is 3.82. The lowest BCUT2D eigenvalue weighted by Gasteiger charge is -2.25. The van der Waals surface area contributed by atoms with E-state index in [4.69, 9.17) is 0 Å². The predicted octanol–water partition coefficient (Wildman–Crippen LogP) is 2.57. The van der Waals surface area contributed by atoms with Gasteiger partial charge >= 0.3 is 0 Å². The fourth-order valence-corrected chi connectivity index (χ4v) is 2.71. The van der Waals surface area contributed by atoms with Gasteiger partial charge in [0, 0.05) is 36.9 Å². The number of anilines is 1. The fraction of sp³-hybridized carbons (Fsp3) is 0.750. The maximum atomic E-state index is 4.54. The molecule has 1 aliphatic rings. The van der Waals surface area contributed by atoms with Gasteiger partial charge in [-0.25, -0.2) is 9.97 Å². The second-order valence-electron chi connectivity index (χ2n) is 6.78. The Labute approximate surface area is 123 Å². The predicted molar refractivity (Wildman–Crippen MR) is 84.3 cm³/mol. The van der Waals surface area contributed by atoms with Crippen molar-refractivity contribution in [3.63, 3.8) is 0 Å². The van der Waals surface area contributed by atoms with Crippen LogP contribution in [0.4, 0.5) is 5.82 Å². The summed E-state index contributed by atoms with van der Waals surface area (Å²) in [6.45, 7) is 8.54. The van der Waals surface area contributed by atoms with Crippen molar-refractivity contribution in [2.24, 2.45) is 0 Å². The normalized spacial score (nSPS) is 15.6. The van der Waals surface area contributed by atoms with Crippen molar-refractivity contribution in [1.82, 2.24) is 15.3 Å². The summed E-state index contributed by atoms with van der Waals surface area (Å²) in [6.07, 6.45) is 7.81. The second-order valence-corrected chi connectivity index (χ2v) is 6.78. The number of aryl methyl sites for hydroxylation is 1. The van der Waals surface area contributed by atoms with E-state index >= 15 is 0 Å². The summed E-state index contributed by atoms with van der Waals surface area (Å²) in [5, 5.41) is 3.53. The Morgan fingerprint density at radius 2 is 1.90 bits per heavy atom. The van der Waals surface area contributed by atoms with Crippen molar-refractivity contribution in [2.45, 2.75) is 58.4 Å².